The van der Waals surface area contributed by atoms with Crippen molar-refractivity contribution in [2.24, 2.45) is 5.92 Å². The van der Waals surface area contributed by atoms with E-state index in [2.05, 4.69) is 22.9 Å². The van der Waals surface area contributed by atoms with E-state index in [1.165, 1.54) is 6.07 Å². The summed E-state index contributed by atoms with van der Waals surface area (Å²) in [6.07, 6.45) is 1.69. The van der Waals surface area contributed by atoms with E-state index in [0.717, 1.165) is 18.9 Å². The quantitative estimate of drug-likeness (QED) is 0.684. The smallest absolute Gasteiger partial charge is 0.169 e. The summed E-state index contributed by atoms with van der Waals surface area (Å²) < 4.78 is 31.8. The van der Waals surface area contributed by atoms with E-state index in [-0.39, 0.29) is 5.75 Å². The van der Waals surface area contributed by atoms with Gasteiger partial charge in [0.1, 0.15) is 5.82 Å². The van der Waals surface area contributed by atoms with Gasteiger partial charge in [-0.3, -0.25) is 0 Å². The fraction of sp³-hybridized carbons (Fsp3) is 0.500. The topological polar surface area (TPSA) is 9.23 Å². The second-order valence-electron chi connectivity index (χ2n) is 3.92. The van der Waals surface area contributed by atoms with Gasteiger partial charge in [-0.25, -0.2) is 8.78 Å². The average molecular weight is 328 g/mol. The summed E-state index contributed by atoms with van der Waals surface area (Å²) in [5.41, 5.74) is 0. The van der Waals surface area contributed by atoms with Crippen molar-refractivity contribution in [1.82, 2.24) is 0 Å². The first-order valence-corrected chi connectivity index (χ1v) is 6.70. The molecule has 1 aromatic rings. The first-order valence-electron chi connectivity index (χ1n) is 5.38. The molecule has 0 saturated carbocycles. The molecule has 0 amide bonds. The van der Waals surface area contributed by atoms with Gasteiger partial charge in [0.2, 0.25) is 0 Å². The Morgan fingerprint density at radius 3 is 2.65 bits per heavy atom. The van der Waals surface area contributed by atoms with Crippen LogP contribution in [0.5, 0.6) is 5.75 Å². The largest absolute Gasteiger partial charge is 0.489 e. The monoisotopic (exact) mass is 326 g/mol. The van der Waals surface area contributed by atoms with E-state index in [1.54, 1.807) is 0 Å². The first kappa shape index (κ1) is 14.7. The van der Waals surface area contributed by atoms with Crippen LogP contribution >= 0.6 is 27.5 Å². The highest BCUT2D eigenvalue weighted by molar-refractivity contribution is 9.10. The molecule has 1 aromatic carbocycles. The van der Waals surface area contributed by atoms with Gasteiger partial charge in [-0.15, -0.1) is 11.6 Å². The number of benzene rings is 1. The van der Waals surface area contributed by atoms with Crippen LogP contribution in [-0.4, -0.2) is 12.5 Å². The molecule has 0 bridgehead atoms. The van der Waals surface area contributed by atoms with Crippen LogP contribution in [0.1, 0.15) is 19.8 Å². The molecule has 0 aliphatic heterocycles. The van der Waals surface area contributed by atoms with Crippen LogP contribution in [0.4, 0.5) is 8.78 Å². The molecule has 1 nitrogen and oxygen atoms in total. The lowest BCUT2D eigenvalue weighted by atomic mass is 10.1. The lowest BCUT2D eigenvalue weighted by molar-refractivity contribution is 0.268. The molecular weight excluding hydrogens is 313 g/mol. The predicted molar refractivity (Wildman–Crippen MR) is 68.7 cm³/mol. The van der Waals surface area contributed by atoms with Crippen molar-refractivity contribution in [2.45, 2.75) is 19.8 Å². The number of alkyl halides is 1. The summed E-state index contributed by atoms with van der Waals surface area (Å²) in [4.78, 5) is 0. The third-order valence-corrected chi connectivity index (χ3v) is 3.23. The van der Waals surface area contributed by atoms with Crippen LogP contribution in [0.15, 0.2) is 16.6 Å². The van der Waals surface area contributed by atoms with E-state index in [0.29, 0.717) is 22.9 Å². The fourth-order valence-corrected chi connectivity index (χ4v) is 2.25. The molecule has 0 heterocycles. The van der Waals surface area contributed by atoms with Gasteiger partial charge < -0.3 is 4.74 Å². The Bertz CT molecular complexity index is 351. The van der Waals surface area contributed by atoms with E-state index in [9.17, 15) is 8.78 Å². The Morgan fingerprint density at radius 2 is 2.06 bits per heavy atom. The van der Waals surface area contributed by atoms with Crippen LogP contribution in [-0.2, 0) is 0 Å². The number of halogens is 4. The van der Waals surface area contributed by atoms with Crippen molar-refractivity contribution in [3.63, 3.8) is 0 Å². The predicted octanol–water partition coefficient (Wildman–Crippen LogP) is 4.76. The first-order chi connectivity index (χ1) is 8.04. The second kappa shape index (κ2) is 7.17. The molecule has 0 aliphatic carbocycles. The molecule has 1 atom stereocenters. The zero-order valence-electron chi connectivity index (χ0n) is 9.48. The van der Waals surface area contributed by atoms with Crippen molar-refractivity contribution in [1.29, 1.82) is 0 Å². The van der Waals surface area contributed by atoms with Gasteiger partial charge in [-0.2, -0.15) is 0 Å². The second-order valence-corrected chi connectivity index (χ2v) is 5.15. The minimum absolute atomic E-state index is 0.0597. The summed E-state index contributed by atoms with van der Waals surface area (Å²) in [6.45, 7) is 2.45. The zero-order valence-corrected chi connectivity index (χ0v) is 11.8. The average Bonchev–Trinajstić information content (AvgIpc) is 2.22. The number of rotatable bonds is 6. The highest BCUT2D eigenvalue weighted by Gasteiger charge is 2.11. The van der Waals surface area contributed by atoms with Crippen molar-refractivity contribution < 1.29 is 13.5 Å². The highest BCUT2D eigenvalue weighted by Crippen LogP contribution is 2.29. The molecule has 17 heavy (non-hydrogen) atoms. The number of hydrogen-bond donors (Lipinski definition) is 0. The maximum atomic E-state index is 13.4. The molecule has 0 spiro atoms. The zero-order chi connectivity index (χ0) is 12.8. The van der Waals surface area contributed by atoms with Crippen molar-refractivity contribution in [3.8, 4) is 5.75 Å². The third-order valence-electron chi connectivity index (χ3n) is 2.42. The van der Waals surface area contributed by atoms with Crippen molar-refractivity contribution in [3.05, 3.63) is 28.2 Å². The third kappa shape index (κ3) is 4.80. The van der Waals surface area contributed by atoms with E-state index < -0.39 is 11.6 Å². The van der Waals surface area contributed by atoms with Gasteiger partial charge in [0.15, 0.2) is 11.6 Å². The van der Waals surface area contributed by atoms with Crippen molar-refractivity contribution >= 4 is 27.5 Å². The minimum atomic E-state index is -0.693. The molecule has 0 aliphatic rings. The standard InChI is InChI=1S/C12H14BrClF2O/c1-8(2-4-14)3-5-17-12-10(13)6-9(15)7-11(12)16/h6-8H,2-5H2,1H3. The summed E-state index contributed by atoms with van der Waals surface area (Å²) in [7, 11) is 0. The van der Waals surface area contributed by atoms with Crippen molar-refractivity contribution in [2.75, 3.05) is 12.5 Å². The fourth-order valence-electron chi connectivity index (χ4n) is 1.36. The maximum Gasteiger partial charge on any atom is 0.169 e. The summed E-state index contributed by atoms with van der Waals surface area (Å²) in [5, 5.41) is 0. The van der Waals surface area contributed by atoms with Gasteiger partial charge in [-0.1, -0.05) is 6.92 Å². The van der Waals surface area contributed by atoms with Gasteiger partial charge in [0, 0.05) is 11.9 Å². The molecule has 96 valence electrons. The molecule has 5 heteroatoms. The molecule has 1 unspecified atom stereocenters. The van der Waals surface area contributed by atoms with Crippen LogP contribution in [0.2, 0.25) is 0 Å². The lowest BCUT2D eigenvalue weighted by Gasteiger charge is -2.12. The highest BCUT2D eigenvalue weighted by atomic mass is 79.9. The summed E-state index contributed by atoms with van der Waals surface area (Å²) in [6, 6.07) is 1.99. The molecule has 0 radical (unpaired) electrons. The Hall–Kier alpha value is -0.350. The number of ether oxygens (including phenoxy) is 1. The van der Waals surface area contributed by atoms with Gasteiger partial charge in [0.05, 0.1) is 11.1 Å². The molecule has 0 aromatic heterocycles. The number of hydrogen-bond acceptors (Lipinski definition) is 1. The molecule has 0 N–H and O–H groups in total. The van der Waals surface area contributed by atoms with Crippen LogP contribution in [0.3, 0.4) is 0 Å². The minimum Gasteiger partial charge on any atom is -0.489 e. The normalized spacial score (nSPS) is 12.5. The molecular formula is C12H14BrClF2O. The lowest BCUT2D eigenvalue weighted by Crippen LogP contribution is -2.06. The summed E-state index contributed by atoms with van der Waals surface area (Å²) in [5.74, 6) is -0.228. The molecule has 0 fully saturated rings. The van der Waals surface area contributed by atoms with Gasteiger partial charge in [0.25, 0.3) is 0 Å². The van der Waals surface area contributed by atoms with Gasteiger partial charge >= 0.3 is 0 Å². The Balaban J connectivity index is 2.52. The van der Waals surface area contributed by atoms with E-state index in [1.807, 2.05) is 0 Å². The van der Waals surface area contributed by atoms with E-state index >= 15 is 0 Å². The summed E-state index contributed by atoms with van der Waals surface area (Å²) >= 11 is 8.68. The Labute approximate surface area is 113 Å². The van der Waals surface area contributed by atoms with E-state index in [4.69, 9.17) is 16.3 Å². The van der Waals surface area contributed by atoms with Crippen LogP contribution < -0.4 is 4.74 Å². The Kier molecular flexibility index (Phi) is 6.20. The van der Waals surface area contributed by atoms with Crippen LogP contribution in [0, 0.1) is 17.6 Å². The molecule has 1 rings (SSSR count). The van der Waals surface area contributed by atoms with Crippen LogP contribution in [0.25, 0.3) is 0 Å². The van der Waals surface area contributed by atoms with Gasteiger partial charge in [-0.05, 0) is 40.8 Å². The Morgan fingerprint density at radius 1 is 1.35 bits per heavy atom. The molecule has 0 saturated heterocycles. The SMILES string of the molecule is CC(CCCl)CCOc1c(F)cc(F)cc1Br. The maximum absolute atomic E-state index is 13.4.